The third-order valence-electron chi connectivity index (χ3n) is 7.29. The SMILES string of the molecule is COCOc1cc(OCCN2CCOCC2)cc2c1C(=O)O[C@@H](C)[C@H](C)/C=C\C(O)C1OC(C)(C)OC1CC=C2. The van der Waals surface area contributed by atoms with E-state index in [1.54, 1.807) is 12.1 Å². The van der Waals surface area contributed by atoms with Gasteiger partial charge in [0, 0.05) is 38.7 Å². The topological polar surface area (TPSA) is 105 Å². The number of rotatable bonds is 7. The molecule has 0 bridgehead atoms. The van der Waals surface area contributed by atoms with Gasteiger partial charge in [-0.25, -0.2) is 4.79 Å². The van der Waals surface area contributed by atoms with E-state index in [2.05, 4.69) is 4.90 Å². The number of aliphatic hydroxyl groups excluding tert-OH is 1. The normalized spacial score (nSPS) is 30.1. The Hall–Kier alpha value is -2.47. The standard InChI is InChI=1S/C30H43NO9/c1-20-9-10-24(32)28-25(39-30(3,4)40-28)8-6-7-22-17-23(36-16-13-31-11-14-35-15-12-31)18-26(37-19-34-5)27(22)29(33)38-21(20)2/h6-7,9-10,17-18,20-21,24-25,28,32H,8,11-16,19H2,1-5H3/b7-6?,10-9-/t20-,21+,24?,25?,28?/m1/s1. The van der Waals surface area contributed by atoms with Gasteiger partial charge >= 0.3 is 5.97 Å². The summed E-state index contributed by atoms with van der Waals surface area (Å²) in [5.74, 6) is -0.635. The lowest BCUT2D eigenvalue weighted by Crippen LogP contribution is -2.38. The van der Waals surface area contributed by atoms with E-state index in [-0.39, 0.29) is 24.4 Å². The second kappa shape index (κ2) is 13.9. The maximum atomic E-state index is 13.5. The van der Waals surface area contributed by atoms with Gasteiger partial charge in [0.25, 0.3) is 0 Å². The van der Waals surface area contributed by atoms with E-state index in [4.69, 9.17) is 33.2 Å². The molecule has 5 atom stereocenters. The van der Waals surface area contributed by atoms with Crippen molar-refractivity contribution in [1.29, 1.82) is 0 Å². The molecule has 0 spiro atoms. The Labute approximate surface area is 236 Å². The van der Waals surface area contributed by atoms with Crippen LogP contribution in [0.5, 0.6) is 11.5 Å². The molecule has 0 aliphatic carbocycles. The van der Waals surface area contributed by atoms with Crippen LogP contribution in [0.2, 0.25) is 0 Å². The van der Waals surface area contributed by atoms with Crippen LogP contribution in [0, 0.1) is 5.92 Å². The van der Waals surface area contributed by atoms with Crippen molar-refractivity contribution in [3.8, 4) is 11.5 Å². The van der Waals surface area contributed by atoms with Crippen molar-refractivity contribution in [3.63, 3.8) is 0 Å². The number of benzene rings is 1. The number of carbonyl (C=O) groups excluding carboxylic acids is 1. The van der Waals surface area contributed by atoms with Crippen molar-refractivity contribution in [3.05, 3.63) is 41.5 Å². The highest BCUT2D eigenvalue weighted by molar-refractivity contribution is 5.97. The first-order valence-electron chi connectivity index (χ1n) is 14.0. The average molecular weight is 562 g/mol. The number of cyclic esters (lactones) is 1. The van der Waals surface area contributed by atoms with Crippen molar-refractivity contribution in [2.75, 3.05) is 53.4 Å². The molecule has 4 rings (SSSR count). The summed E-state index contributed by atoms with van der Waals surface area (Å²) in [7, 11) is 1.52. The zero-order chi connectivity index (χ0) is 28.7. The first kappa shape index (κ1) is 30.5. The van der Waals surface area contributed by atoms with Crippen LogP contribution in [0.15, 0.2) is 30.4 Å². The number of aliphatic hydroxyl groups is 1. The maximum Gasteiger partial charge on any atom is 0.342 e. The molecule has 3 unspecified atom stereocenters. The summed E-state index contributed by atoms with van der Waals surface area (Å²) in [6.45, 7) is 11.8. The summed E-state index contributed by atoms with van der Waals surface area (Å²) in [4.78, 5) is 15.8. The summed E-state index contributed by atoms with van der Waals surface area (Å²) >= 11 is 0. The van der Waals surface area contributed by atoms with Crippen LogP contribution in [0.3, 0.4) is 0 Å². The van der Waals surface area contributed by atoms with Gasteiger partial charge in [0.2, 0.25) is 0 Å². The Morgan fingerprint density at radius 3 is 2.62 bits per heavy atom. The molecule has 10 nitrogen and oxygen atoms in total. The van der Waals surface area contributed by atoms with Crippen LogP contribution in [0.25, 0.3) is 6.08 Å². The van der Waals surface area contributed by atoms with E-state index >= 15 is 0 Å². The zero-order valence-corrected chi connectivity index (χ0v) is 24.2. The maximum absolute atomic E-state index is 13.5. The number of nitrogens with zero attached hydrogens (tertiary/aromatic N) is 1. The predicted octanol–water partition coefficient (Wildman–Crippen LogP) is 3.42. The largest absolute Gasteiger partial charge is 0.492 e. The van der Waals surface area contributed by atoms with Gasteiger partial charge in [0.15, 0.2) is 12.6 Å². The molecule has 0 amide bonds. The van der Waals surface area contributed by atoms with Gasteiger partial charge in [-0.2, -0.15) is 0 Å². The summed E-state index contributed by atoms with van der Waals surface area (Å²) in [6, 6.07) is 3.51. The van der Waals surface area contributed by atoms with E-state index in [0.717, 1.165) is 32.8 Å². The van der Waals surface area contributed by atoms with Gasteiger partial charge in [0.1, 0.15) is 42.0 Å². The van der Waals surface area contributed by atoms with Crippen LogP contribution in [0.1, 0.15) is 50.0 Å². The highest BCUT2D eigenvalue weighted by Gasteiger charge is 2.43. The fraction of sp³-hybridized carbons (Fsp3) is 0.633. The Kier molecular flexibility index (Phi) is 10.6. The van der Waals surface area contributed by atoms with E-state index in [0.29, 0.717) is 30.1 Å². The van der Waals surface area contributed by atoms with Gasteiger partial charge in [-0.15, -0.1) is 0 Å². The third-order valence-corrected chi connectivity index (χ3v) is 7.29. The summed E-state index contributed by atoms with van der Waals surface area (Å²) in [6.07, 6.45) is 5.45. The molecule has 10 heteroatoms. The smallest absolute Gasteiger partial charge is 0.342 e. The van der Waals surface area contributed by atoms with Crippen LogP contribution in [0.4, 0.5) is 0 Å². The fourth-order valence-electron chi connectivity index (χ4n) is 4.95. The highest BCUT2D eigenvalue weighted by atomic mass is 16.8. The molecular weight excluding hydrogens is 518 g/mol. The minimum absolute atomic E-state index is 0.0444. The number of ether oxygens (including phenoxy) is 7. The lowest BCUT2D eigenvalue weighted by atomic mass is 9.99. The zero-order valence-electron chi connectivity index (χ0n) is 24.2. The minimum Gasteiger partial charge on any atom is -0.492 e. The minimum atomic E-state index is -0.874. The predicted molar refractivity (Wildman–Crippen MR) is 148 cm³/mol. The average Bonchev–Trinajstić information content (AvgIpc) is 3.24. The lowest BCUT2D eigenvalue weighted by molar-refractivity contribution is -0.152. The van der Waals surface area contributed by atoms with Crippen molar-refractivity contribution < 1.29 is 43.1 Å². The van der Waals surface area contributed by atoms with Gasteiger partial charge < -0.3 is 38.3 Å². The first-order chi connectivity index (χ1) is 19.2. The van der Waals surface area contributed by atoms with Crippen molar-refractivity contribution >= 4 is 12.0 Å². The molecule has 222 valence electrons. The first-order valence-corrected chi connectivity index (χ1v) is 14.0. The Bertz CT molecular complexity index is 1050. The Balaban J connectivity index is 1.66. The molecular formula is C30H43NO9. The molecule has 0 aromatic heterocycles. The molecule has 2 fully saturated rings. The second-order valence-corrected chi connectivity index (χ2v) is 10.9. The molecule has 1 aromatic carbocycles. The number of carbonyl (C=O) groups is 1. The molecule has 0 saturated carbocycles. The molecule has 40 heavy (non-hydrogen) atoms. The highest BCUT2D eigenvalue weighted by Crippen LogP contribution is 2.35. The van der Waals surface area contributed by atoms with Gasteiger partial charge in [-0.3, -0.25) is 4.90 Å². The van der Waals surface area contributed by atoms with Crippen molar-refractivity contribution in [2.24, 2.45) is 5.92 Å². The molecule has 3 aliphatic rings. The van der Waals surface area contributed by atoms with Crippen LogP contribution in [-0.4, -0.2) is 99.5 Å². The second-order valence-electron chi connectivity index (χ2n) is 10.9. The number of methoxy groups -OCH3 is 1. The molecule has 1 N–H and O–H groups in total. The quantitative estimate of drug-likeness (QED) is 0.303. The lowest BCUT2D eigenvalue weighted by Gasteiger charge is -2.26. The van der Waals surface area contributed by atoms with E-state index in [1.165, 1.54) is 7.11 Å². The fourth-order valence-corrected chi connectivity index (χ4v) is 4.95. The van der Waals surface area contributed by atoms with E-state index in [1.807, 2.05) is 52.0 Å². The molecule has 0 radical (unpaired) electrons. The third kappa shape index (κ3) is 8.05. The van der Waals surface area contributed by atoms with Gasteiger partial charge in [-0.05, 0) is 38.8 Å². The van der Waals surface area contributed by atoms with Crippen molar-refractivity contribution in [2.45, 2.75) is 64.3 Å². The number of fused-ring (bicyclic) bond motifs is 2. The summed E-state index contributed by atoms with van der Waals surface area (Å²) in [5, 5.41) is 10.9. The number of hydrogen-bond acceptors (Lipinski definition) is 10. The Morgan fingerprint density at radius 1 is 1.10 bits per heavy atom. The summed E-state index contributed by atoms with van der Waals surface area (Å²) in [5.41, 5.74) is 0.872. The molecule has 1 aromatic rings. The monoisotopic (exact) mass is 561 g/mol. The van der Waals surface area contributed by atoms with Crippen LogP contribution in [-0.2, 0) is 23.7 Å². The van der Waals surface area contributed by atoms with Crippen LogP contribution >= 0.6 is 0 Å². The van der Waals surface area contributed by atoms with E-state index in [9.17, 15) is 9.90 Å². The van der Waals surface area contributed by atoms with Crippen molar-refractivity contribution in [1.82, 2.24) is 4.90 Å². The van der Waals surface area contributed by atoms with Gasteiger partial charge in [-0.1, -0.05) is 31.2 Å². The summed E-state index contributed by atoms with van der Waals surface area (Å²) < 4.78 is 40.5. The Morgan fingerprint density at radius 2 is 1.88 bits per heavy atom. The molecule has 3 heterocycles. The molecule has 2 saturated heterocycles. The van der Waals surface area contributed by atoms with Gasteiger partial charge in [0.05, 0.1) is 19.3 Å². The van der Waals surface area contributed by atoms with Crippen LogP contribution < -0.4 is 9.47 Å². The van der Waals surface area contributed by atoms with E-state index < -0.39 is 30.1 Å². The number of hydrogen-bond donors (Lipinski definition) is 1. The molecule has 3 aliphatic heterocycles. The number of morpholine rings is 1. The number of esters is 1.